The van der Waals surface area contributed by atoms with Crippen molar-refractivity contribution in [1.82, 2.24) is 5.32 Å². The molecule has 29 heavy (non-hydrogen) atoms. The van der Waals surface area contributed by atoms with Crippen LogP contribution in [0.5, 0.6) is 0 Å². The maximum Gasteiger partial charge on any atom is 0.247 e. The second-order valence-corrected chi connectivity index (χ2v) is 12.0. The fraction of sp³-hybridized carbons (Fsp3) is 0.889. The smallest absolute Gasteiger partial charge is 0.247 e. The van der Waals surface area contributed by atoms with E-state index in [1.807, 2.05) is 0 Å². The SMILES string of the molecule is CC(C)CCC[C@@H](C)[C@H]1CC[C@H]2[C@@H]3CC=C4C(=O)NCCC[C@]4(C)[C@H]3CC[C@]12C. The van der Waals surface area contributed by atoms with E-state index < -0.39 is 0 Å². The van der Waals surface area contributed by atoms with Crippen LogP contribution in [0.3, 0.4) is 0 Å². The van der Waals surface area contributed by atoms with Crippen LogP contribution >= 0.6 is 0 Å². The van der Waals surface area contributed by atoms with Gasteiger partial charge in [-0.05, 0) is 85.9 Å². The predicted octanol–water partition coefficient (Wildman–Crippen LogP) is 6.75. The average Bonchev–Trinajstić information content (AvgIpc) is 2.94. The number of rotatable bonds is 5. The van der Waals surface area contributed by atoms with Gasteiger partial charge in [0, 0.05) is 17.5 Å². The van der Waals surface area contributed by atoms with Crippen molar-refractivity contribution in [3.63, 3.8) is 0 Å². The highest BCUT2D eigenvalue weighted by Gasteiger charge is 2.59. The topological polar surface area (TPSA) is 29.1 Å². The number of fused-ring (bicyclic) bond motifs is 5. The number of allylic oxidation sites excluding steroid dienone is 1. The molecular formula is C27H45NO. The molecule has 3 fully saturated rings. The summed E-state index contributed by atoms with van der Waals surface area (Å²) in [6.07, 6.45) is 15.7. The fourth-order valence-corrected chi connectivity index (χ4v) is 8.54. The zero-order valence-electron chi connectivity index (χ0n) is 19.7. The maximum absolute atomic E-state index is 12.7. The first kappa shape index (κ1) is 21.4. The Hall–Kier alpha value is -0.790. The summed E-state index contributed by atoms with van der Waals surface area (Å²) in [7, 11) is 0. The quantitative estimate of drug-likeness (QED) is 0.544. The molecule has 1 heterocycles. The van der Waals surface area contributed by atoms with Crippen LogP contribution in [0.4, 0.5) is 0 Å². The molecule has 0 aromatic carbocycles. The summed E-state index contributed by atoms with van der Waals surface area (Å²) in [4.78, 5) is 12.7. The molecule has 3 aliphatic carbocycles. The minimum atomic E-state index is 0.117. The highest BCUT2D eigenvalue weighted by molar-refractivity contribution is 5.95. The van der Waals surface area contributed by atoms with Crippen LogP contribution in [0.25, 0.3) is 0 Å². The molecule has 1 amide bonds. The highest BCUT2D eigenvalue weighted by Crippen LogP contribution is 2.66. The molecule has 1 aliphatic heterocycles. The zero-order chi connectivity index (χ0) is 20.8. The standard InChI is InChI=1S/C27H45NO/c1-18(2)8-6-9-19(3)21-12-13-22-20-10-11-24-25(29)28-17-7-15-26(24,4)23(20)14-16-27(21,22)5/h11,18-23H,6-10,12-17H2,1-5H3,(H,28,29)/t19-,20+,21-,22+,23+,26-,27-/m1/s1. The van der Waals surface area contributed by atoms with Crippen LogP contribution in [-0.4, -0.2) is 12.5 Å². The molecule has 4 aliphatic rings. The minimum Gasteiger partial charge on any atom is -0.352 e. The largest absolute Gasteiger partial charge is 0.352 e. The predicted molar refractivity (Wildman–Crippen MR) is 121 cm³/mol. The molecule has 0 spiro atoms. The summed E-state index contributed by atoms with van der Waals surface area (Å²) >= 11 is 0. The third-order valence-corrected chi connectivity index (χ3v) is 10.1. The fourth-order valence-electron chi connectivity index (χ4n) is 8.54. The Labute approximate surface area is 179 Å². The van der Waals surface area contributed by atoms with E-state index in [0.717, 1.165) is 60.5 Å². The number of nitrogens with one attached hydrogen (secondary N) is 1. The average molecular weight is 400 g/mol. The Kier molecular flexibility index (Phi) is 5.95. The number of carbonyl (C=O) groups is 1. The number of amides is 1. The van der Waals surface area contributed by atoms with Gasteiger partial charge in [0.1, 0.15) is 0 Å². The van der Waals surface area contributed by atoms with Crippen molar-refractivity contribution in [1.29, 1.82) is 0 Å². The molecule has 0 aromatic rings. The van der Waals surface area contributed by atoms with Gasteiger partial charge in [-0.1, -0.05) is 60.0 Å². The van der Waals surface area contributed by atoms with Crippen molar-refractivity contribution in [3.05, 3.63) is 11.6 Å². The lowest BCUT2D eigenvalue weighted by atomic mass is 9.48. The molecule has 4 rings (SSSR count). The monoisotopic (exact) mass is 399 g/mol. The van der Waals surface area contributed by atoms with Gasteiger partial charge in [-0.25, -0.2) is 0 Å². The first-order valence-corrected chi connectivity index (χ1v) is 12.8. The maximum atomic E-state index is 12.7. The third kappa shape index (κ3) is 3.61. The number of hydrogen-bond acceptors (Lipinski definition) is 1. The summed E-state index contributed by atoms with van der Waals surface area (Å²) in [5.74, 6) is 5.26. The normalized spacial score (nSPS) is 43.0. The van der Waals surface area contributed by atoms with E-state index in [1.165, 1.54) is 51.4 Å². The van der Waals surface area contributed by atoms with Crippen LogP contribution in [0.2, 0.25) is 0 Å². The summed E-state index contributed by atoms with van der Waals surface area (Å²) in [6, 6.07) is 0. The van der Waals surface area contributed by atoms with Crippen molar-refractivity contribution in [2.75, 3.05) is 6.54 Å². The van der Waals surface area contributed by atoms with Crippen molar-refractivity contribution < 1.29 is 4.79 Å². The molecule has 2 nitrogen and oxygen atoms in total. The van der Waals surface area contributed by atoms with Gasteiger partial charge in [-0.15, -0.1) is 0 Å². The lowest BCUT2D eigenvalue weighted by molar-refractivity contribution is -0.119. The molecule has 0 aromatic heterocycles. The molecule has 1 saturated heterocycles. The Morgan fingerprint density at radius 1 is 1.07 bits per heavy atom. The molecule has 0 bridgehead atoms. The summed E-state index contributed by atoms with van der Waals surface area (Å²) in [5.41, 5.74) is 1.79. The van der Waals surface area contributed by atoms with E-state index >= 15 is 0 Å². The van der Waals surface area contributed by atoms with Crippen LogP contribution in [0, 0.1) is 46.3 Å². The van der Waals surface area contributed by atoms with Gasteiger partial charge in [-0.2, -0.15) is 0 Å². The van der Waals surface area contributed by atoms with Crippen LogP contribution in [0.15, 0.2) is 11.6 Å². The minimum absolute atomic E-state index is 0.117. The lowest BCUT2D eigenvalue weighted by Gasteiger charge is -2.56. The molecule has 2 heteroatoms. The molecule has 0 radical (unpaired) electrons. The van der Waals surface area contributed by atoms with E-state index in [9.17, 15) is 4.79 Å². The van der Waals surface area contributed by atoms with E-state index in [2.05, 4.69) is 46.0 Å². The lowest BCUT2D eigenvalue weighted by Crippen LogP contribution is -2.50. The van der Waals surface area contributed by atoms with Crippen LogP contribution in [0.1, 0.15) is 98.8 Å². The first-order chi connectivity index (χ1) is 13.8. The van der Waals surface area contributed by atoms with Crippen molar-refractivity contribution in [3.8, 4) is 0 Å². The van der Waals surface area contributed by atoms with Crippen molar-refractivity contribution in [2.24, 2.45) is 46.3 Å². The first-order valence-electron chi connectivity index (χ1n) is 12.8. The van der Waals surface area contributed by atoms with E-state index in [1.54, 1.807) is 0 Å². The van der Waals surface area contributed by atoms with Crippen molar-refractivity contribution >= 4 is 5.91 Å². The van der Waals surface area contributed by atoms with Gasteiger partial charge in [0.15, 0.2) is 0 Å². The molecule has 7 atom stereocenters. The molecule has 0 unspecified atom stereocenters. The van der Waals surface area contributed by atoms with Gasteiger partial charge < -0.3 is 5.32 Å². The summed E-state index contributed by atoms with van der Waals surface area (Å²) < 4.78 is 0. The molecule has 164 valence electrons. The Morgan fingerprint density at radius 2 is 1.86 bits per heavy atom. The Bertz CT molecular complexity index is 651. The summed E-state index contributed by atoms with van der Waals surface area (Å²) in [6.45, 7) is 13.2. The zero-order valence-corrected chi connectivity index (χ0v) is 19.7. The van der Waals surface area contributed by atoms with Crippen LogP contribution < -0.4 is 5.32 Å². The molecular weight excluding hydrogens is 354 g/mol. The second-order valence-electron chi connectivity index (χ2n) is 12.0. The number of hydrogen-bond donors (Lipinski definition) is 1. The third-order valence-electron chi connectivity index (χ3n) is 10.1. The second kappa shape index (κ2) is 8.04. The molecule has 1 N–H and O–H groups in total. The number of carbonyl (C=O) groups excluding carboxylic acids is 1. The van der Waals surface area contributed by atoms with Gasteiger partial charge >= 0.3 is 0 Å². The van der Waals surface area contributed by atoms with Gasteiger partial charge in [-0.3, -0.25) is 4.79 Å². The molecule has 2 saturated carbocycles. The summed E-state index contributed by atoms with van der Waals surface area (Å²) in [5, 5.41) is 3.16. The van der Waals surface area contributed by atoms with Crippen molar-refractivity contribution in [2.45, 2.75) is 98.8 Å². The van der Waals surface area contributed by atoms with Crippen LogP contribution in [-0.2, 0) is 4.79 Å². The van der Waals surface area contributed by atoms with E-state index in [4.69, 9.17) is 0 Å². The Morgan fingerprint density at radius 3 is 2.62 bits per heavy atom. The van der Waals surface area contributed by atoms with Gasteiger partial charge in [0.05, 0.1) is 0 Å². The van der Waals surface area contributed by atoms with Gasteiger partial charge in [0.2, 0.25) is 5.91 Å². The van der Waals surface area contributed by atoms with E-state index in [-0.39, 0.29) is 11.3 Å². The van der Waals surface area contributed by atoms with E-state index in [0.29, 0.717) is 5.41 Å². The highest BCUT2D eigenvalue weighted by atomic mass is 16.1. The van der Waals surface area contributed by atoms with Gasteiger partial charge in [0.25, 0.3) is 0 Å². The Balaban J connectivity index is 1.52.